The summed E-state index contributed by atoms with van der Waals surface area (Å²) in [6.07, 6.45) is 0. The smallest absolute Gasteiger partial charge is 0.233 e. The third-order valence-corrected chi connectivity index (χ3v) is 2.04. The summed E-state index contributed by atoms with van der Waals surface area (Å²) < 4.78 is 0. The number of hydrogen-bond acceptors (Lipinski definition) is 6. The number of halogens is 1. The van der Waals surface area contributed by atoms with Gasteiger partial charge in [0.05, 0.1) is 11.6 Å². The van der Waals surface area contributed by atoms with E-state index >= 15 is 0 Å². The highest BCUT2D eigenvalue weighted by atomic mass is 35.5. The number of benzene rings is 1. The zero-order chi connectivity index (χ0) is 12.3. The van der Waals surface area contributed by atoms with E-state index in [9.17, 15) is 0 Å². The first-order chi connectivity index (χ1) is 8.17. The molecule has 0 unspecified atom stereocenters. The lowest BCUT2D eigenvalue weighted by molar-refractivity contribution is 1.07. The Balaban J connectivity index is 2.28. The van der Waals surface area contributed by atoms with Crippen molar-refractivity contribution in [2.75, 3.05) is 11.1 Å². The molecular formula is C10H7ClN6. The maximum Gasteiger partial charge on any atom is 0.233 e. The van der Waals surface area contributed by atoms with Crippen molar-refractivity contribution in [2.45, 2.75) is 0 Å². The van der Waals surface area contributed by atoms with Crippen LogP contribution < -0.4 is 11.1 Å². The predicted molar refractivity (Wildman–Crippen MR) is 63.7 cm³/mol. The second-order valence-corrected chi connectivity index (χ2v) is 3.44. The Kier molecular flexibility index (Phi) is 3.03. The molecule has 0 atom stereocenters. The van der Waals surface area contributed by atoms with Crippen LogP contribution in [0.15, 0.2) is 24.3 Å². The standard InChI is InChI=1S/C10H7ClN6/c11-8-15-9(13)17-10(16-8)14-7-3-1-2-6(4-7)5-12/h1-4H,(H3,13,14,15,16,17). The van der Waals surface area contributed by atoms with Gasteiger partial charge in [0.2, 0.25) is 17.2 Å². The van der Waals surface area contributed by atoms with Crippen LogP contribution in [0.25, 0.3) is 0 Å². The van der Waals surface area contributed by atoms with Crippen LogP contribution >= 0.6 is 11.6 Å². The fourth-order valence-electron chi connectivity index (χ4n) is 1.22. The van der Waals surface area contributed by atoms with Crippen molar-refractivity contribution in [3.8, 4) is 6.07 Å². The van der Waals surface area contributed by atoms with Crippen LogP contribution in [0.5, 0.6) is 0 Å². The van der Waals surface area contributed by atoms with Gasteiger partial charge in [-0.25, -0.2) is 0 Å². The van der Waals surface area contributed by atoms with Crippen molar-refractivity contribution in [3.63, 3.8) is 0 Å². The van der Waals surface area contributed by atoms with Gasteiger partial charge in [0, 0.05) is 5.69 Å². The molecule has 0 saturated carbocycles. The molecule has 1 heterocycles. The molecule has 0 aliphatic carbocycles. The van der Waals surface area contributed by atoms with Gasteiger partial charge in [-0.05, 0) is 29.8 Å². The lowest BCUT2D eigenvalue weighted by Crippen LogP contribution is -2.03. The Morgan fingerprint density at radius 2 is 2.12 bits per heavy atom. The summed E-state index contributed by atoms with van der Waals surface area (Å²) in [5, 5.41) is 11.6. The zero-order valence-corrected chi connectivity index (χ0v) is 9.31. The number of aromatic nitrogens is 3. The molecule has 2 rings (SSSR count). The molecule has 7 heteroatoms. The highest BCUT2D eigenvalue weighted by Crippen LogP contribution is 2.15. The summed E-state index contributed by atoms with van der Waals surface area (Å²) in [4.78, 5) is 11.4. The fraction of sp³-hybridized carbons (Fsp3) is 0. The number of nitrogens with two attached hydrogens (primary N) is 1. The van der Waals surface area contributed by atoms with Crippen LogP contribution in [0.1, 0.15) is 5.56 Å². The van der Waals surface area contributed by atoms with Crippen molar-refractivity contribution in [1.29, 1.82) is 5.26 Å². The van der Waals surface area contributed by atoms with Gasteiger partial charge in [0.15, 0.2) is 0 Å². The van der Waals surface area contributed by atoms with E-state index in [4.69, 9.17) is 22.6 Å². The Morgan fingerprint density at radius 3 is 2.82 bits per heavy atom. The maximum absolute atomic E-state index is 8.76. The van der Waals surface area contributed by atoms with Crippen LogP contribution in [-0.4, -0.2) is 15.0 Å². The summed E-state index contributed by atoms with van der Waals surface area (Å²) >= 11 is 5.64. The predicted octanol–water partition coefficient (Wildman–Crippen LogP) is 1.72. The van der Waals surface area contributed by atoms with Crippen LogP contribution in [0.3, 0.4) is 0 Å². The molecule has 0 aliphatic rings. The van der Waals surface area contributed by atoms with Gasteiger partial charge < -0.3 is 11.1 Å². The molecule has 1 aromatic heterocycles. The molecule has 0 spiro atoms. The first kappa shape index (κ1) is 11.1. The molecule has 1 aromatic carbocycles. The number of nitrogens with one attached hydrogen (secondary N) is 1. The van der Waals surface area contributed by atoms with Gasteiger partial charge in [-0.15, -0.1) is 0 Å². The minimum atomic E-state index is 0.0106. The molecule has 0 fully saturated rings. The van der Waals surface area contributed by atoms with Crippen LogP contribution in [0, 0.1) is 11.3 Å². The van der Waals surface area contributed by atoms with Gasteiger partial charge in [0.25, 0.3) is 0 Å². The van der Waals surface area contributed by atoms with E-state index in [1.807, 2.05) is 6.07 Å². The molecule has 6 nitrogen and oxygen atoms in total. The molecule has 17 heavy (non-hydrogen) atoms. The molecule has 0 aliphatic heterocycles. The molecule has 2 aromatic rings. The van der Waals surface area contributed by atoms with Gasteiger partial charge in [0.1, 0.15) is 0 Å². The third-order valence-electron chi connectivity index (χ3n) is 1.87. The fourth-order valence-corrected chi connectivity index (χ4v) is 1.38. The molecule has 0 radical (unpaired) electrons. The lowest BCUT2D eigenvalue weighted by Gasteiger charge is -2.05. The van der Waals surface area contributed by atoms with Crippen molar-refractivity contribution in [1.82, 2.24) is 15.0 Å². The topological polar surface area (TPSA) is 101 Å². The van der Waals surface area contributed by atoms with Crippen molar-refractivity contribution < 1.29 is 0 Å². The van der Waals surface area contributed by atoms with E-state index in [-0.39, 0.29) is 17.2 Å². The SMILES string of the molecule is N#Cc1cccc(Nc2nc(N)nc(Cl)n2)c1. The third kappa shape index (κ3) is 2.80. The Labute approximate surface area is 102 Å². The van der Waals surface area contributed by atoms with Gasteiger partial charge in [-0.3, -0.25) is 0 Å². The summed E-state index contributed by atoms with van der Waals surface area (Å²) in [6, 6.07) is 8.90. The van der Waals surface area contributed by atoms with Crippen LogP contribution in [-0.2, 0) is 0 Å². The normalized spacial score (nSPS) is 9.65. The second kappa shape index (κ2) is 4.63. The lowest BCUT2D eigenvalue weighted by atomic mass is 10.2. The average molecular weight is 247 g/mol. The minimum absolute atomic E-state index is 0.0106. The average Bonchev–Trinajstić information content (AvgIpc) is 2.28. The number of anilines is 3. The van der Waals surface area contributed by atoms with Gasteiger partial charge in [-0.1, -0.05) is 6.07 Å². The molecular weight excluding hydrogens is 240 g/mol. The maximum atomic E-state index is 8.76. The molecule has 0 amide bonds. The van der Waals surface area contributed by atoms with E-state index in [0.29, 0.717) is 11.3 Å². The summed E-state index contributed by atoms with van der Waals surface area (Å²) in [7, 11) is 0. The number of nitriles is 1. The summed E-state index contributed by atoms with van der Waals surface area (Å²) in [5.41, 5.74) is 6.63. The Hall–Kier alpha value is -2.39. The van der Waals surface area contributed by atoms with E-state index in [0.717, 1.165) is 0 Å². The van der Waals surface area contributed by atoms with Crippen LogP contribution in [0.4, 0.5) is 17.6 Å². The summed E-state index contributed by atoms with van der Waals surface area (Å²) in [6.45, 7) is 0. The molecule has 84 valence electrons. The quantitative estimate of drug-likeness (QED) is 0.837. The molecule has 0 saturated heterocycles. The molecule has 3 N–H and O–H groups in total. The van der Waals surface area contributed by atoms with Crippen LogP contribution in [0.2, 0.25) is 5.28 Å². The van der Waals surface area contributed by atoms with E-state index < -0.39 is 0 Å². The van der Waals surface area contributed by atoms with Crippen molar-refractivity contribution in [3.05, 3.63) is 35.1 Å². The number of nitrogen functional groups attached to an aromatic ring is 1. The Bertz CT molecular complexity index is 571. The zero-order valence-electron chi connectivity index (χ0n) is 8.55. The van der Waals surface area contributed by atoms with E-state index in [2.05, 4.69) is 20.3 Å². The summed E-state index contributed by atoms with van der Waals surface area (Å²) in [5.74, 6) is 0.265. The molecule has 0 bridgehead atoms. The first-order valence-electron chi connectivity index (χ1n) is 4.61. The first-order valence-corrected chi connectivity index (χ1v) is 4.99. The minimum Gasteiger partial charge on any atom is -0.368 e. The van der Waals surface area contributed by atoms with Crippen molar-refractivity contribution in [2.24, 2.45) is 0 Å². The van der Waals surface area contributed by atoms with Crippen molar-refractivity contribution >= 4 is 29.2 Å². The van der Waals surface area contributed by atoms with Gasteiger partial charge >= 0.3 is 0 Å². The van der Waals surface area contributed by atoms with E-state index in [1.165, 1.54) is 0 Å². The largest absolute Gasteiger partial charge is 0.368 e. The van der Waals surface area contributed by atoms with Gasteiger partial charge in [-0.2, -0.15) is 20.2 Å². The number of hydrogen-bond donors (Lipinski definition) is 2. The monoisotopic (exact) mass is 246 g/mol. The highest BCUT2D eigenvalue weighted by molar-refractivity contribution is 6.28. The Morgan fingerprint density at radius 1 is 1.29 bits per heavy atom. The number of nitrogens with zero attached hydrogens (tertiary/aromatic N) is 4. The second-order valence-electron chi connectivity index (χ2n) is 3.10. The highest BCUT2D eigenvalue weighted by Gasteiger charge is 2.03. The van der Waals surface area contributed by atoms with E-state index in [1.54, 1.807) is 24.3 Å². The number of rotatable bonds is 2.